The van der Waals surface area contributed by atoms with Crippen molar-refractivity contribution in [2.75, 3.05) is 13.1 Å². The van der Waals surface area contributed by atoms with E-state index in [9.17, 15) is 4.79 Å². The van der Waals surface area contributed by atoms with Gasteiger partial charge < -0.3 is 5.11 Å². The van der Waals surface area contributed by atoms with Crippen molar-refractivity contribution in [3.05, 3.63) is 10.6 Å². The first kappa shape index (κ1) is 13.8. The lowest BCUT2D eigenvalue weighted by molar-refractivity contribution is -0.138. The van der Waals surface area contributed by atoms with Crippen LogP contribution in [0.25, 0.3) is 0 Å². The van der Waals surface area contributed by atoms with Crippen LogP contribution in [-0.2, 0) is 4.79 Å². The molecule has 3 nitrogen and oxygen atoms in total. The average molecular weight is 240 g/mol. The van der Waals surface area contributed by atoms with Gasteiger partial charge in [-0.3, -0.25) is 9.69 Å². The molecule has 0 heterocycles. The zero-order valence-corrected chi connectivity index (χ0v) is 9.85. The second kappa shape index (κ2) is 7.10. The summed E-state index contributed by atoms with van der Waals surface area (Å²) in [5.74, 6) is -0.804. The van der Waals surface area contributed by atoms with Crippen LogP contribution in [0.5, 0.6) is 0 Å². The number of hydrogen-bond donors (Lipinski definition) is 1. The Hall–Kier alpha value is -0.250. The topological polar surface area (TPSA) is 40.5 Å². The van der Waals surface area contributed by atoms with E-state index in [0.717, 1.165) is 6.54 Å². The minimum absolute atomic E-state index is 0.0390. The molecule has 0 saturated heterocycles. The first-order valence-electron chi connectivity index (χ1n) is 4.41. The van der Waals surface area contributed by atoms with Gasteiger partial charge in [-0.15, -0.1) is 0 Å². The van der Waals surface area contributed by atoms with Crippen LogP contribution in [0, 0.1) is 0 Å². The summed E-state index contributed by atoms with van der Waals surface area (Å²) in [6, 6.07) is -0.0390. The Morgan fingerprint density at radius 2 is 2.21 bits per heavy atom. The molecule has 0 amide bonds. The number of rotatable bonds is 6. The molecular weight excluding hydrogens is 225 g/mol. The zero-order chi connectivity index (χ0) is 11.1. The second-order valence-corrected chi connectivity index (χ2v) is 3.77. The summed E-state index contributed by atoms with van der Waals surface area (Å²) >= 11 is 11.2. The van der Waals surface area contributed by atoms with Crippen LogP contribution in [0.3, 0.4) is 0 Å². The third-order valence-corrected chi connectivity index (χ3v) is 2.58. The summed E-state index contributed by atoms with van der Waals surface area (Å²) in [6.07, 6.45) is 0.111. The van der Waals surface area contributed by atoms with E-state index >= 15 is 0 Å². The van der Waals surface area contributed by atoms with Gasteiger partial charge in [-0.2, -0.15) is 0 Å². The Balaban J connectivity index is 4.18. The van der Waals surface area contributed by atoms with E-state index in [1.54, 1.807) is 0 Å². The Morgan fingerprint density at radius 3 is 2.57 bits per heavy atom. The highest BCUT2D eigenvalue weighted by Gasteiger charge is 2.15. The molecule has 0 aromatic rings. The van der Waals surface area contributed by atoms with E-state index < -0.39 is 5.97 Å². The lowest BCUT2D eigenvalue weighted by atomic mass is 10.2. The maximum Gasteiger partial charge on any atom is 0.304 e. The summed E-state index contributed by atoms with van der Waals surface area (Å²) < 4.78 is 0. The predicted molar refractivity (Wildman–Crippen MR) is 58.8 cm³/mol. The van der Waals surface area contributed by atoms with Gasteiger partial charge >= 0.3 is 5.97 Å². The van der Waals surface area contributed by atoms with Gasteiger partial charge in [-0.25, -0.2) is 0 Å². The molecule has 5 heteroatoms. The Morgan fingerprint density at radius 1 is 1.64 bits per heavy atom. The highest BCUT2D eigenvalue weighted by molar-refractivity contribution is 6.36. The van der Waals surface area contributed by atoms with E-state index in [4.69, 9.17) is 28.3 Å². The molecule has 0 saturated carbocycles. The molecule has 0 rings (SSSR count). The third kappa shape index (κ3) is 5.47. The molecular formula is C9H15Cl2NO2. The van der Waals surface area contributed by atoms with Crippen molar-refractivity contribution in [1.82, 2.24) is 4.90 Å². The van der Waals surface area contributed by atoms with Crippen LogP contribution in [0.1, 0.15) is 20.3 Å². The van der Waals surface area contributed by atoms with Gasteiger partial charge in [0.2, 0.25) is 0 Å². The standard InChI is InChI=1S/C9H15Cl2NO2/c1-3-12(6-8(11)5-10)7(2)4-9(13)14/h5,7H,3-4,6H2,1-2H3,(H,13,14). The monoisotopic (exact) mass is 239 g/mol. The number of carboxylic acid groups (broad SMARTS) is 1. The number of aliphatic carboxylic acids is 1. The van der Waals surface area contributed by atoms with Crippen molar-refractivity contribution in [3.8, 4) is 0 Å². The van der Waals surface area contributed by atoms with Crippen molar-refractivity contribution < 1.29 is 9.90 Å². The molecule has 0 aliphatic carbocycles. The smallest absolute Gasteiger partial charge is 0.304 e. The summed E-state index contributed by atoms with van der Waals surface area (Å²) in [7, 11) is 0. The van der Waals surface area contributed by atoms with Crippen molar-refractivity contribution in [3.63, 3.8) is 0 Å². The Labute approximate surface area is 94.3 Å². The molecule has 0 radical (unpaired) electrons. The molecule has 0 aromatic carbocycles. The summed E-state index contributed by atoms with van der Waals surface area (Å²) in [6.45, 7) is 5.05. The molecule has 0 aliphatic heterocycles. The van der Waals surface area contributed by atoms with Gasteiger partial charge in [0.25, 0.3) is 0 Å². The minimum atomic E-state index is -0.804. The van der Waals surface area contributed by atoms with Gasteiger partial charge in [0.15, 0.2) is 0 Å². The highest BCUT2D eigenvalue weighted by Crippen LogP contribution is 2.11. The number of nitrogens with zero attached hydrogens (tertiary/aromatic N) is 1. The number of likely N-dealkylation sites (N-methyl/N-ethyl adjacent to an activating group) is 1. The van der Waals surface area contributed by atoms with Crippen molar-refractivity contribution in [1.29, 1.82) is 0 Å². The minimum Gasteiger partial charge on any atom is -0.481 e. The summed E-state index contributed by atoms with van der Waals surface area (Å²) in [4.78, 5) is 12.4. The quantitative estimate of drug-likeness (QED) is 0.775. The van der Waals surface area contributed by atoms with Crippen molar-refractivity contribution >= 4 is 29.2 Å². The molecule has 1 N–H and O–H groups in total. The lowest BCUT2D eigenvalue weighted by Crippen LogP contribution is -2.35. The zero-order valence-electron chi connectivity index (χ0n) is 8.33. The van der Waals surface area contributed by atoms with Crippen LogP contribution >= 0.6 is 23.2 Å². The number of carbonyl (C=O) groups is 1. The second-order valence-electron chi connectivity index (χ2n) is 3.07. The van der Waals surface area contributed by atoms with Crippen LogP contribution in [0.4, 0.5) is 0 Å². The summed E-state index contributed by atoms with van der Waals surface area (Å²) in [5, 5.41) is 9.14. The maximum atomic E-state index is 10.5. The van der Waals surface area contributed by atoms with E-state index in [1.807, 2.05) is 18.7 Å². The summed E-state index contributed by atoms with van der Waals surface area (Å²) in [5.41, 5.74) is 1.30. The average Bonchev–Trinajstić information content (AvgIpc) is 2.12. The number of halogens is 2. The Bertz CT molecular complexity index is 219. The largest absolute Gasteiger partial charge is 0.481 e. The van der Waals surface area contributed by atoms with E-state index in [1.165, 1.54) is 5.54 Å². The van der Waals surface area contributed by atoms with Crippen molar-refractivity contribution in [2.45, 2.75) is 26.3 Å². The maximum absolute atomic E-state index is 10.5. The normalized spacial score (nSPS) is 14.5. The van der Waals surface area contributed by atoms with Gasteiger partial charge in [0.1, 0.15) is 0 Å². The van der Waals surface area contributed by atoms with E-state index in [-0.39, 0.29) is 12.5 Å². The predicted octanol–water partition coefficient (Wildman–Crippen LogP) is 2.49. The van der Waals surface area contributed by atoms with Gasteiger partial charge in [-0.05, 0) is 13.5 Å². The van der Waals surface area contributed by atoms with Crippen LogP contribution in [0.2, 0.25) is 0 Å². The number of carboxylic acids is 1. The first-order chi connectivity index (χ1) is 6.51. The highest BCUT2D eigenvalue weighted by atomic mass is 35.5. The van der Waals surface area contributed by atoms with Crippen LogP contribution in [-0.4, -0.2) is 35.1 Å². The van der Waals surface area contributed by atoms with Crippen molar-refractivity contribution in [2.24, 2.45) is 0 Å². The molecule has 1 atom stereocenters. The van der Waals surface area contributed by atoms with Crippen LogP contribution in [0.15, 0.2) is 10.6 Å². The molecule has 0 aromatic heterocycles. The molecule has 0 bridgehead atoms. The Kier molecular flexibility index (Phi) is 6.97. The first-order valence-corrected chi connectivity index (χ1v) is 5.23. The molecule has 1 unspecified atom stereocenters. The molecule has 0 spiro atoms. The molecule has 0 fully saturated rings. The molecule has 14 heavy (non-hydrogen) atoms. The van der Waals surface area contributed by atoms with Crippen LogP contribution < -0.4 is 0 Å². The molecule has 82 valence electrons. The van der Waals surface area contributed by atoms with Gasteiger partial charge in [0, 0.05) is 23.2 Å². The third-order valence-electron chi connectivity index (χ3n) is 1.97. The fourth-order valence-corrected chi connectivity index (χ4v) is 1.41. The van der Waals surface area contributed by atoms with E-state index in [0.29, 0.717) is 11.6 Å². The molecule has 0 aliphatic rings. The fraction of sp³-hybridized carbons (Fsp3) is 0.667. The van der Waals surface area contributed by atoms with Gasteiger partial charge in [0.05, 0.1) is 6.42 Å². The fourth-order valence-electron chi connectivity index (χ4n) is 1.19. The number of hydrogen-bond acceptors (Lipinski definition) is 2. The van der Waals surface area contributed by atoms with E-state index in [2.05, 4.69) is 0 Å². The lowest BCUT2D eigenvalue weighted by Gasteiger charge is -2.26. The van der Waals surface area contributed by atoms with Gasteiger partial charge in [-0.1, -0.05) is 30.1 Å². The SMILES string of the molecule is CCN(CC(Cl)=CCl)C(C)CC(=O)O.